The molecule has 3 atom stereocenters. The quantitative estimate of drug-likeness (QED) is 0.421. The minimum Gasteiger partial charge on any atom is -0.383 e. The van der Waals surface area contributed by atoms with E-state index in [0.717, 1.165) is 24.7 Å². The van der Waals surface area contributed by atoms with Crippen molar-refractivity contribution in [1.29, 1.82) is 0 Å². The van der Waals surface area contributed by atoms with E-state index in [0.29, 0.717) is 19.8 Å². The van der Waals surface area contributed by atoms with E-state index in [9.17, 15) is 4.79 Å². The Labute approximate surface area is 180 Å². The lowest BCUT2D eigenvalue weighted by atomic mass is 9.88. The number of carbonyl (C=O) groups is 1. The Balaban J connectivity index is 1.82. The van der Waals surface area contributed by atoms with E-state index in [2.05, 4.69) is 55.2 Å². The van der Waals surface area contributed by atoms with Crippen molar-refractivity contribution in [3.8, 4) is 0 Å². The molecule has 0 aromatic heterocycles. The van der Waals surface area contributed by atoms with E-state index in [1.165, 1.54) is 16.7 Å². The highest BCUT2D eigenvalue weighted by Crippen LogP contribution is 2.33. The number of allylic oxidation sites excluding steroid dienone is 1. The van der Waals surface area contributed by atoms with Gasteiger partial charge in [0.1, 0.15) is 6.29 Å². The molecule has 4 heteroatoms. The van der Waals surface area contributed by atoms with E-state index in [1.807, 2.05) is 24.3 Å². The third-order valence-corrected chi connectivity index (χ3v) is 5.68. The molecule has 0 unspecified atom stereocenters. The first-order valence-corrected chi connectivity index (χ1v) is 10.7. The van der Waals surface area contributed by atoms with Crippen LogP contribution in [0.3, 0.4) is 0 Å². The number of hydrogen-bond donors (Lipinski definition) is 0. The van der Waals surface area contributed by atoms with Gasteiger partial charge in [0.25, 0.3) is 0 Å². The van der Waals surface area contributed by atoms with Crippen molar-refractivity contribution in [2.75, 3.05) is 20.3 Å². The second-order valence-corrected chi connectivity index (χ2v) is 8.21. The van der Waals surface area contributed by atoms with Crippen molar-refractivity contribution in [2.45, 2.75) is 51.5 Å². The SMILES string of the molecule is COC[C@@H]1c2ccccc2C[C@@H](C=O)N1C[C@H](CC=C(C)C)OCc1ccccc1. The van der Waals surface area contributed by atoms with Crippen molar-refractivity contribution in [3.63, 3.8) is 0 Å². The fourth-order valence-corrected chi connectivity index (χ4v) is 4.12. The van der Waals surface area contributed by atoms with Crippen LogP contribution in [0.2, 0.25) is 0 Å². The van der Waals surface area contributed by atoms with Crippen LogP contribution in [0, 0.1) is 0 Å². The molecule has 160 valence electrons. The van der Waals surface area contributed by atoms with Crippen LogP contribution >= 0.6 is 0 Å². The molecule has 0 spiro atoms. The predicted octanol–water partition coefficient (Wildman–Crippen LogP) is 4.74. The Morgan fingerprint density at radius 1 is 1.13 bits per heavy atom. The minimum absolute atomic E-state index is 0.00725. The smallest absolute Gasteiger partial charge is 0.137 e. The van der Waals surface area contributed by atoms with Gasteiger partial charge in [-0.2, -0.15) is 0 Å². The number of benzene rings is 2. The van der Waals surface area contributed by atoms with Crippen LogP contribution in [-0.2, 0) is 27.3 Å². The third-order valence-electron chi connectivity index (χ3n) is 5.68. The minimum atomic E-state index is -0.172. The molecule has 0 aliphatic carbocycles. The number of nitrogens with zero attached hydrogens (tertiary/aromatic N) is 1. The Morgan fingerprint density at radius 3 is 2.57 bits per heavy atom. The molecule has 2 aromatic carbocycles. The highest BCUT2D eigenvalue weighted by atomic mass is 16.5. The lowest BCUT2D eigenvalue weighted by molar-refractivity contribution is -0.116. The van der Waals surface area contributed by atoms with Crippen molar-refractivity contribution in [1.82, 2.24) is 4.90 Å². The molecular weight excluding hydrogens is 374 g/mol. The maximum atomic E-state index is 12.0. The van der Waals surface area contributed by atoms with Crippen molar-refractivity contribution >= 4 is 6.29 Å². The van der Waals surface area contributed by atoms with Gasteiger partial charge in [0.05, 0.1) is 31.4 Å². The van der Waals surface area contributed by atoms with Crippen LogP contribution in [0.15, 0.2) is 66.2 Å². The summed E-state index contributed by atoms with van der Waals surface area (Å²) in [7, 11) is 1.72. The molecule has 0 fully saturated rings. The lowest BCUT2D eigenvalue weighted by Crippen LogP contribution is -2.49. The maximum Gasteiger partial charge on any atom is 0.137 e. The van der Waals surface area contributed by atoms with E-state index in [1.54, 1.807) is 7.11 Å². The lowest BCUT2D eigenvalue weighted by Gasteiger charge is -2.42. The predicted molar refractivity (Wildman–Crippen MR) is 120 cm³/mol. The highest BCUT2D eigenvalue weighted by molar-refractivity contribution is 5.60. The van der Waals surface area contributed by atoms with E-state index in [4.69, 9.17) is 9.47 Å². The van der Waals surface area contributed by atoms with Crippen LogP contribution in [0.5, 0.6) is 0 Å². The van der Waals surface area contributed by atoms with Gasteiger partial charge in [-0.1, -0.05) is 66.2 Å². The van der Waals surface area contributed by atoms with Gasteiger partial charge in [-0.3, -0.25) is 4.90 Å². The van der Waals surface area contributed by atoms with Gasteiger partial charge in [-0.25, -0.2) is 0 Å². The Morgan fingerprint density at radius 2 is 1.87 bits per heavy atom. The van der Waals surface area contributed by atoms with Gasteiger partial charge in [0, 0.05) is 13.7 Å². The number of ether oxygens (including phenoxy) is 2. The van der Waals surface area contributed by atoms with E-state index >= 15 is 0 Å². The molecule has 0 bridgehead atoms. The molecule has 0 saturated heterocycles. The average molecular weight is 408 g/mol. The van der Waals surface area contributed by atoms with Gasteiger partial charge in [-0.15, -0.1) is 0 Å². The van der Waals surface area contributed by atoms with Gasteiger partial charge in [-0.05, 0) is 43.4 Å². The van der Waals surface area contributed by atoms with Crippen LogP contribution in [0.4, 0.5) is 0 Å². The number of carbonyl (C=O) groups excluding carboxylic acids is 1. The number of rotatable bonds is 10. The first-order chi connectivity index (χ1) is 14.6. The van der Waals surface area contributed by atoms with Gasteiger partial charge < -0.3 is 14.3 Å². The molecule has 2 aromatic rings. The fraction of sp³-hybridized carbons (Fsp3) is 0.423. The first-order valence-electron chi connectivity index (χ1n) is 10.7. The number of fused-ring (bicyclic) bond motifs is 1. The Kier molecular flexibility index (Phi) is 8.38. The second-order valence-electron chi connectivity index (χ2n) is 8.21. The van der Waals surface area contributed by atoms with Crippen LogP contribution < -0.4 is 0 Å². The van der Waals surface area contributed by atoms with E-state index < -0.39 is 0 Å². The molecule has 1 heterocycles. The van der Waals surface area contributed by atoms with Crippen LogP contribution in [-0.4, -0.2) is 43.6 Å². The molecular formula is C26H33NO3. The van der Waals surface area contributed by atoms with Crippen LogP contribution in [0.25, 0.3) is 0 Å². The average Bonchev–Trinajstić information content (AvgIpc) is 2.77. The first kappa shape index (κ1) is 22.4. The number of hydrogen-bond acceptors (Lipinski definition) is 4. The summed E-state index contributed by atoms with van der Waals surface area (Å²) in [5, 5.41) is 0. The summed E-state index contributed by atoms with van der Waals surface area (Å²) in [6.45, 7) is 6.01. The molecule has 30 heavy (non-hydrogen) atoms. The number of aldehydes is 1. The van der Waals surface area contributed by atoms with Crippen LogP contribution in [0.1, 0.15) is 43.0 Å². The van der Waals surface area contributed by atoms with Crippen molar-refractivity contribution < 1.29 is 14.3 Å². The third kappa shape index (κ3) is 5.88. The second kappa shape index (κ2) is 11.2. The summed E-state index contributed by atoms with van der Waals surface area (Å²) in [6, 6.07) is 18.5. The molecule has 0 N–H and O–H groups in total. The van der Waals surface area contributed by atoms with E-state index in [-0.39, 0.29) is 18.2 Å². The normalized spacial score (nSPS) is 19.7. The molecule has 1 aliphatic heterocycles. The largest absolute Gasteiger partial charge is 0.383 e. The van der Waals surface area contributed by atoms with Gasteiger partial charge >= 0.3 is 0 Å². The van der Waals surface area contributed by atoms with Crippen molar-refractivity contribution in [2.24, 2.45) is 0 Å². The summed E-state index contributed by atoms with van der Waals surface area (Å²) in [5.41, 5.74) is 4.91. The maximum absolute atomic E-state index is 12.0. The standard InChI is InChI=1S/C26H33NO3/c1-20(2)13-14-24(30-18-21-9-5-4-6-10-21)16-27-23(17-28)15-22-11-7-8-12-25(22)26(27)19-29-3/h4-13,17,23-24,26H,14-16,18-19H2,1-3H3/t23-,24-,26+/m0/s1. The molecule has 0 saturated carbocycles. The summed E-state index contributed by atoms with van der Waals surface area (Å²) >= 11 is 0. The summed E-state index contributed by atoms with van der Waals surface area (Å²) in [6.07, 6.45) is 4.84. The molecule has 1 aliphatic rings. The van der Waals surface area contributed by atoms with Gasteiger partial charge in [0.2, 0.25) is 0 Å². The molecule has 0 amide bonds. The zero-order valence-electron chi connectivity index (χ0n) is 18.3. The molecule has 4 nitrogen and oxygen atoms in total. The number of methoxy groups -OCH3 is 1. The fourth-order valence-electron chi connectivity index (χ4n) is 4.12. The Hall–Kier alpha value is -2.27. The van der Waals surface area contributed by atoms with Gasteiger partial charge in [0.15, 0.2) is 0 Å². The zero-order valence-corrected chi connectivity index (χ0v) is 18.3. The molecule has 0 radical (unpaired) electrons. The van der Waals surface area contributed by atoms with Crippen molar-refractivity contribution in [3.05, 3.63) is 82.9 Å². The summed E-state index contributed by atoms with van der Waals surface area (Å²) in [4.78, 5) is 14.3. The zero-order chi connectivity index (χ0) is 21.3. The topological polar surface area (TPSA) is 38.8 Å². The summed E-state index contributed by atoms with van der Waals surface area (Å²) < 4.78 is 11.9. The molecule has 3 rings (SSSR count). The summed E-state index contributed by atoms with van der Waals surface area (Å²) in [5.74, 6) is 0. The highest BCUT2D eigenvalue weighted by Gasteiger charge is 2.35. The monoisotopic (exact) mass is 407 g/mol. The Bertz CT molecular complexity index is 829.